The minimum Gasteiger partial charge on any atom is -0.478 e. The molecule has 1 unspecified atom stereocenters. The third-order valence-electron chi connectivity index (χ3n) is 4.12. The standard InChI is InChI=1S/C18H28N4O3/c1-4-24-16-14(8-6-10-20-16)12-21-18(19-3)22-11-7-9-15(13-22)17(23)25-5-2/h6,8,10,15H,4-5,7,9,11-13H2,1-3H3,(H,19,21). The SMILES string of the molecule is CCOC(=O)C1CCCN(C(=NC)NCc2cccnc2OCC)C1. The minimum atomic E-state index is -0.117. The van der Waals surface area contributed by atoms with Gasteiger partial charge in [0.25, 0.3) is 0 Å². The van der Waals surface area contributed by atoms with Crippen molar-refractivity contribution in [2.45, 2.75) is 33.2 Å². The van der Waals surface area contributed by atoms with Gasteiger partial charge in [0, 0.05) is 38.4 Å². The van der Waals surface area contributed by atoms with Gasteiger partial charge in [0.05, 0.1) is 19.1 Å². The molecule has 7 heteroatoms. The topological polar surface area (TPSA) is 76.0 Å². The van der Waals surface area contributed by atoms with Crippen molar-refractivity contribution in [2.24, 2.45) is 10.9 Å². The van der Waals surface area contributed by atoms with Crippen molar-refractivity contribution >= 4 is 11.9 Å². The molecule has 138 valence electrons. The highest BCUT2D eigenvalue weighted by Gasteiger charge is 2.28. The second kappa shape index (κ2) is 9.86. The number of nitrogens with one attached hydrogen (secondary N) is 1. The molecule has 1 aliphatic rings. The van der Waals surface area contributed by atoms with Gasteiger partial charge < -0.3 is 19.7 Å². The largest absolute Gasteiger partial charge is 0.478 e. The van der Waals surface area contributed by atoms with E-state index in [0.717, 1.165) is 30.9 Å². The summed E-state index contributed by atoms with van der Waals surface area (Å²) in [6, 6.07) is 3.87. The summed E-state index contributed by atoms with van der Waals surface area (Å²) in [5.74, 6) is 1.20. The number of hydrogen-bond acceptors (Lipinski definition) is 5. The predicted molar refractivity (Wildman–Crippen MR) is 96.5 cm³/mol. The number of carbonyl (C=O) groups excluding carboxylic acids is 1. The molecule has 1 aromatic heterocycles. The number of nitrogens with zero attached hydrogens (tertiary/aromatic N) is 3. The molecule has 1 aliphatic heterocycles. The molecule has 2 rings (SSSR count). The van der Waals surface area contributed by atoms with Gasteiger partial charge in [0.2, 0.25) is 5.88 Å². The van der Waals surface area contributed by atoms with E-state index in [1.165, 1.54) is 0 Å². The Morgan fingerprint density at radius 1 is 1.44 bits per heavy atom. The Bertz CT molecular complexity index is 591. The maximum atomic E-state index is 12.0. The van der Waals surface area contributed by atoms with Gasteiger partial charge in [-0.15, -0.1) is 0 Å². The van der Waals surface area contributed by atoms with E-state index in [0.29, 0.717) is 32.2 Å². The Hall–Kier alpha value is -2.31. The number of pyridine rings is 1. The van der Waals surface area contributed by atoms with E-state index >= 15 is 0 Å². The van der Waals surface area contributed by atoms with Gasteiger partial charge >= 0.3 is 5.97 Å². The summed E-state index contributed by atoms with van der Waals surface area (Å²) in [6.07, 6.45) is 3.53. The van der Waals surface area contributed by atoms with Crippen LogP contribution >= 0.6 is 0 Å². The molecule has 2 heterocycles. The zero-order valence-corrected chi connectivity index (χ0v) is 15.3. The normalized spacial score (nSPS) is 18.0. The summed E-state index contributed by atoms with van der Waals surface area (Å²) in [5.41, 5.74) is 0.976. The monoisotopic (exact) mass is 348 g/mol. The van der Waals surface area contributed by atoms with Crippen LogP contribution in [0.5, 0.6) is 5.88 Å². The number of hydrogen-bond donors (Lipinski definition) is 1. The number of likely N-dealkylation sites (tertiary alicyclic amines) is 1. The summed E-state index contributed by atoms with van der Waals surface area (Å²) in [7, 11) is 1.75. The van der Waals surface area contributed by atoms with Crippen LogP contribution in [-0.4, -0.2) is 55.2 Å². The van der Waals surface area contributed by atoms with E-state index in [-0.39, 0.29) is 11.9 Å². The highest BCUT2D eigenvalue weighted by Crippen LogP contribution is 2.19. The van der Waals surface area contributed by atoms with Crippen molar-refractivity contribution in [1.82, 2.24) is 15.2 Å². The van der Waals surface area contributed by atoms with Gasteiger partial charge in [-0.25, -0.2) is 4.98 Å². The number of ether oxygens (including phenoxy) is 2. The van der Waals surface area contributed by atoms with Crippen LogP contribution in [0.1, 0.15) is 32.3 Å². The molecule has 1 saturated heterocycles. The van der Waals surface area contributed by atoms with Gasteiger partial charge in [-0.3, -0.25) is 9.79 Å². The molecule has 0 amide bonds. The summed E-state index contributed by atoms with van der Waals surface area (Å²) in [5, 5.41) is 3.35. The molecule has 0 radical (unpaired) electrons. The van der Waals surface area contributed by atoms with Gasteiger partial charge in [-0.05, 0) is 32.8 Å². The molecular weight excluding hydrogens is 320 g/mol. The number of guanidine groups is 1. The van der Waals surface area contributed by atoms with Crippen molar-refractivity contribution in [3.05, 3.63) is 23.9 Å². The molecule has 1 N–H and O–H groups in total. The fraction of sp³-hybridized carbons (Fsp3) is 0.611. The first-order valence-corrected chi connectivity index (χ1v) is 8.88. The average Bonchev–Trinajstić information content (AvgIpc) is 2.64. The van der Waals surface area contributed by atoms with E-state index < -0.39 is 0 Å². The third kappa shape index (κ3) is 5.34. The van der Waals surface area contributed by atoms with Crippen molar-refractivity contribution in [2.75, 3.05) is 33.4 Å². The number of aromatic nitrogens is 1. The van der Waals surface area contributed by atoms with Crippen LogP contribution in [0.4, 0.5) is 0 Å². The summed E-state index contributed by atoms with van der Waals surface area (Å²) >= 11 is 0. The number of aliphatic imine (C=N–C) groups is 1. The highest BCUT2D eigenvalue weighted by molar-refractivity contribution is 5.81. The molecule has 1 fully saturated rings. The Morgan fingerprint density at radius 3 is 3.00 bits per heavy atom. The van der Waals surface area contributed by atoms with E-state index in [1.807, 2.05) is 26.0 Å². The Kier molecular flexibility index (Phi) is 7.50. The van der Waals surface area contributed by atoms with Crippen LogP contribution in [0, 0.1) is 5.92 Å². The number of rotatable bonds is 6. The first kappa shape index (κ1) is 19.0. The average molecular weight is 348 g/mol. The van der Waals surface area contributed by atoms with Gasteiger partial charge in [0.1, 0.15) is 0 Å². The van der Waals surface area contributed by atoms with Gasteiger partial charge in [0.15, 0.2) is 5.96 Å². The van der Waals surface area contributed by atoms with E-state index in [9.17, 15) is 4.79 Å². The Morgan fingerprint density at radius 2 is 2.28 bits per heavy atom. The lowest BCUT2D eigenvalue weighted by molar-refractivity contribution is -0.149. The van der Waals surface area contributed by atoms with Crippen molar-refractivity contribution in [3.8, 4) is 5.88 Å². The molecule has 1 aromatic rings. The van der Waals surface area contributed by atoms with Crippen LogP contribution in [-0.2, 0) is 16.1 Å². The quantitative estimate of drug-likeness (QED) is 0.480. The molecule has 0 bridgehead atoms. The molecule has 1 atom stereocenters. The first-order chi connectivity index (χ1) is 12.2. The Balaban J connectivity index is 1.97. The lowest BCUT2D eigenvalue weighted by Crippen LogP contribution is -2.48. The molecular formula is C18H28N4O3. The van der Waals surface area contributed by atoms with Crippen LogP contribution in [0.2, 0.25) is 0 Å². The smallest absolute Gasteiger partial charge is 0.310 e. The molecule has 25 heavy (non-hydrogen) atoms. The van der Waals surface area contributed by atoms with Gasteiger partial charge in [-0.1, -0.05) is 6.07 Å². The van der Waals surface area contributed by atoms with Crippen molar-refractivity contribution in [1.29, 1.82) is 0 Å². The number of esters is 1. The zero-order chi connectivity index (χ0) is 18.1. The van der Waals surface area contributed by atoms with Crippen LogP contribution in [0.3, 0.4) is 0 Å². The molecule has 0 spiro atoms. The lowest BCUT2D eigenvalue weighted by atomic mass is 9.98. The minimum absolute atomic E-state index is 0.0929. The zero-order valence-electron chi connectivity index (χ0n) is 15.3. The van der Waals surface area contributed by atoms with Crippen molar-refractivity contribution < 1.29 is 14.3 Å². The van der Waals surface area contributed by atoms with Crippen LogP contribution in [0.15, 0.2) is 23.3 Å². The van der Waals surface area contributed by atoms with Crippen molar-refractivity contribution in [3.63, 3.8) is 0 Å². The van der Waals surface area contributed by atoms with Crippen LogP contribution in [0.25, 0.3) is 0 Å². The van der Waals surface area contributed by atoms with E-state index in [4.69, 9.17) is 9.47 Å². The van der Waals surface area contributed by atoms with E-state index in [2.05, 4.69) is 20.2 Å². The van der Waals surface area contributed by atoms with E-state index in [1.54, 1.807) is 13.2 Å². The highest BCUT2D eigenvalue weighted by atomic mass is 16.5. The summed E-state index contributed by atoms with van der Waals surface area (Å²) < 4.78 is 10.7. The predicted octanol–water partition coefficient (Wildman–Crippen LogP) is 1.83. The lowest BCUT2D eigenvalue weighted by Gasteiger charge is -2.34. The molecule has 7 nitrogen and oxygen atoms in total. The molecule has 0 aromatic carbocycles. The summed E-state index contributed by atoms with van der Waals surface area (Å²) in [4.78, 5) is 22.8. The first-order valence-electron chi connectivity index (χ1n) is 8.88. The maximum absolute atomic E-state index is 12.0. The molecule has 0 aliphatic carbocycles. The van der Waals surface area contributed by atoms with Crippen LogP contribution < -0.4 is 10.1 Å². The fourth-order valence-electron chi connectivity index (χ4n) is 2.95. The second-order valence-corrected chi connectivity index (χ2v) is 5.84. The number of piperidine rings is 1. The van der Waals surface area contributed by atoms with Gasteiger partial charge in [-0.2, -0.15) is 0 Å². The fourth-order valence-corrected chi connectivity index (χ4v) is 2.95. The second-order valence-electron chi connectivity index (χ2n) is 5.84. The molecule has 0 saturated carbocycles. The maximum Gasteiger partial charge on any atom is 0.310 e. The summed E-state index contributed by atoms with van der Waals surface area (Å²) in [6.45, 7) is 6.84. The number of carbonyl (C=O) groups is 1. The Labute approximate surface area is 149 Å². The third-order valence-corrected chi connectivity index (χ3v) is 4.12.